The summed E-state index contributed by atoms with van der Waals surface area (Å²) in [6.07, 6.45) is 1.60. The van der Waals surface area contributed by atoms with Crippen molar-refractivity contribution in [2.24, 2.45) is 0 Å². The molecule has 0 aromatic rings. The van der Waals surface area contributed by atoms with Gasteiger partial charge in [0.15, 0.2) is 6.19 Å². The van der Waals surface area contributed by atoms with E-state index in [-0.39, 0.29) is 55.7 Å². The van der Waals surface area contributed by atoms with E-state index in [9.17, 15) is 0 Å². The van der Waals surface area contributed by atoms with Gasteiger partial charge >= 0.3 is 51.4 Å². The minimum Gasteiger partial charge on any atom is -0.278 e. The number of thiol groups is 1. The molecule has 32 valence electrons. The van der Waals surface area contributed by atoms with Gasteiger partial charge in [0, 0.05) is 0 Å². The standard InChI is InChI=1S/C2H2N2S2.K/c3-1-4-2(5)6;/h(H2,4,5,6);/q;+1. The smallest absolute Gasteiger partial charge is 0.278 e. The van der Waals surface area contributed by atoms with Gasteiger partial charge in [-0.25, -0.2) is 0 Å². The summed E-state index contributed by atoms with van der Waals surface area (Å²) in [6, 6.07) is 0. The van der Waals surface area contributed by atoms with Crippen LogP contribution in [0.2, 0.25) is 0 Å². The second kappa shape index (κ2) is 7.37. The Labute approximate surface area is 95.5 Å². The molecule has 0 saturated carbocycles. The molecule has 0 fully saturated rings. The normalized spacial score (nSPS) is 5.14. The van der Waals surface area contributed by atoms with Crippen LogP contribution in [-0.4, -0.2) is 4.32 Å². The summed E-state index contributed by atoms with van der Waals surface area (Å²) in [4.78, 5) is 0. The molecule has 0 bridgehead atoms. The SMILES string of the molecule is N#CNC(=S)S.[K+]. The minimum atomic E-state index is 0. The Morgan fingerprint density at radius 2 is 2.29 bits per heavy atom. The molecule has 0 amide bonds. The van der Waals surface area contributed by atoms with Gasteiger partial charge in [-0.2, -0.15) is 5.26 Å². The number of nitrogens with zero attached hydrogens (tertiary/aromatic N) is 1. The van der Waals surface area contributed by atoms with Gasteiger partial charge in [0.2, 0.25) is 0 Å². The van der Waals surface area contributed by atoms with E-state index in [1.54, 1.807) is 6.19 Å². The molecule has 1 N–H and O–H groups in total. The van der Waals surface area contributed by atoms with Gasteiger partial charge in [0.05, 0.1) is 0 Å². The van der Waals surface area contributed by atoms with Crippen LogP contribution in [0.25, 0.3) is 0 Å². The van der Waals surface area contributed by atoms with Gasteiger partial charge < -0.3 is 0 Å². The third-order valence-corrected chi connectivity index (χ3v) is 0.377. The van der Waals surface area contributed by atoms with E-state index in [0.29, 0.717) is 0 Å². The van der Waals surface area contributed by atoms with Gasteiger partial charge in [0.25, 0.3) is 0 Å². The average molecular weight is 157 g/mol. The Morgan fingerprint density at radius 1 is 1.86 bits per heavy atom. The molecule has 0 aliphatic heterocycles. The van der Waals surface area contributed by atoms with Crippen molar-refractivity contribution in [3.8, 4) is 6.19 Å². The van der Waals surface area contributed by atoms with Crippen molar-refractivity contribution in [1.29, 1.82) is 5.26 Å². The van der Waals surface area contributed by atoms with Crippen LogP contribution in [-0.2, 0) is 0 Å². The van der Waals surface area contributed by atoms with E-state index >= 15 is 0 Å². The molecule has 7 heavy (non-hydrogen) atoms. The number of hydrogen-bond acceptors (Lipinski definition) is 2. The largest absolute Gasteiger partial charge is 1.00 e. The molecule has 0 atom stereocenters. The molecule has 0 aromatic heterocycles. The Kier molecular flexibility index (Phi) is 11.8. The van der Waals surface area contributed by atoms with Crippen molar-refractivity contribution >= 4 is 29.2 Å². The Balaban J connectivity index is 0. The van der Waals surface area contributed by atoms with Crippen LogP contribution in [0, 0.1) is 11.5 Å². The van der Waals surface area contributed by atoms with Crippen molar-refractivity contribution in [2.45, 2.75) is 0 Å². The predicted molar refractivity (Wildman–Crippen MR) is 30.3 cm³/mol. The zero-order valence-electron chi connectivity index (χ0n) is 3.80. The fourth-order valence-electron chi connectivity index (χ4n) is 0.0478. The number of nitriles is 1. The van der Waals surface area contributed by atoms with Gasteiger partial charge in [0.1, 0.15) is 4.32 Å². The summed E-state index contributed by atoms with van der Waals surface area (Å²) < 4.78 is 0.206. The van der Waals surface area contributed by atoms with E-state index in [2.05, 4.69) is 30.2 Å². The summed E-state index contributed by atoms with van der Waals surface area (Å²) in [7, 11) is 0. The Hall–Kier alpha value is 1.37. The minimum absolute atomic E-state index is 0. The maximum atomic E-state index is 7.74. The van der Waals surface area contributed by atoms with E-state index < -0.39 is 0 Å². The van der Waals surface area contributed by atoms with Crippen LogP contribution in [0.15, 0.2) is 0 Å². The van der Waals surface area contributed by atoms with E-state index in [0.717, 1.165) is 0 Å². The molecule has 0 saturated heterocycles. The Morgan fingerprint density at radius 3 is 2.29 bits per heavy atom. The second-order valence-electron chi connectivity index (χ2n) is 0.542. The van der Waals surface area contributed by atoms with Crippen molar-refractivity contribution in [2.75, 3.05) is 0 Å². The first-order valence-corrected chi connectivity index (χ1v) is 2.01. The van der Waals surface area contributed by atoms with Crippen molar-refractivity contribution in [3.63, 3.8) is 0 Å². The van der Waals surface area contributed by atoms with Crippen LogP contribution in [0.4, 0.5) is 0 Å². The van der Waals surface area contributed by atoms with Crippen LogP contribution in [0.3, 0.4) is 0 Å². The predicted octanol–water partition coefficient (Wildman–Crippen LogP) is -2.72. The van der Waals surface area contributed by atoms with Crippen LogP contribution in [0.1, 0.15) is 0 Å². The third kappa shape index (κ3) is 11.1. The van der Waals surface area contributed by atoms with Crippen molar-refractivity contribution in [3.05, 3.63) is 0 Å². The van der Waals surface area contributed by atoms with Gasteiger partial charge in [-0.1, -0.05) is 12.2 Å². The van der Waals surface area contributed by atoms with E-state index in [1.807, 2.05) is 0 Å². The van der Waals surface area contributed by atoms with Crippen molar-refractivity contribution in [1.82, 2.24) is 5.32 Å². The molecular formula is C2H2KN2S2+. The molecule has 0 spiro atoms. The average Bonchev–Trinajstić information content (AvgIpc) is 1.35. The van der Waals surface area contributed by atoms with Crippen molar-refractivity contribution < 1.29 is 51.4 Å². The number of thiocarbonyl (C=S) groups is 1. The molecule has 5 heteroatoms. The first kappa shape index (κ1) is 11.2. The zero-order chi connectivity index (χ0) is 4.99. The molecule has 0 aromatic carbocycles. The second-order valence-corrected chi connectivity index (χ2v) is 1.70. The summed E-state index contributed by atoms with van der Waals surface area (Å²) in [5.74, 6) is 0. The fraction of sp³-hybridized carbons (Fsp3) is 0. The summed E-state index contributed by atoms with van der Waals surface area (Å²) in [6.45, 7) is 0. The molecule has 0 radical (unpaired) electrons. The topological polar surface area (TPSA) is 35.8 Å². The molecule has 0 aliphatic carbocycles. The molecule has 0 unspecified atom stereocenters. The Bertz CT molecular complexity index is 96.4. The first-order valence-electron chi connectivity index (χ1n) is 1.15. The maximum Gasteiger partial charge on any atom is 1.00 e. The monoisotopic (exact) mass is 157 g/mol. The van der Waals surface area contributed by atoms with Crippen LogP contribution >= 0.6 is 24.8 Å². The zero-order valence-corrected chi connectivity index (χ0v) is 8.64. The number of nitrogens with one attached hydrogen (secondary N) is 1. The molecule has 0 rings (SSSR count). The van der Waals surface area contributed by atoms with Gasteiger partial charge in [-0.15, -0.1) is 12.6 Å². The molecular weight excluding hydrogens is 155 g/mol. The van der Waals surface area contributed by atoms with Gasteiger partial charge in [-0.05, 0) is 0 Å². The summed E-state index contributed by atoms with van der Waals surface area (Å²) in [5, 5.41) is 9.85. The number of rotatable bonds is 0. The maximum absolute atomic E-state index is 7.74. The summed E-state index contributed by atoms with van der Waals surface area (Å²) in [5.41, 5.74) is 0. The van der Waals surface area contributed by atoms with E-state index in [1.165, 1.54) is 0 Å². The molecule has 0 heterocycles. The van der Waals surface area contributed by atoms with Gasteiger partial charge in [-0.3, -0.25) is 5.32 Å². The van der Waals surface area contributed by atoms with Crippen LogP contribution in [0.5, 0.6) is 0 Å². The first-order chi connectivity index (χ1) is 2.77. The fourth-order valence-corrected chi connectivity index (χ4v) is 0.143. The quantitative estimate of drug-likeness (QED) is 0.132. The van der Waals surface area contributed by atoms with E-state index in [4.69, 9.17) is 5.26 Å². The van der Waals surface area contributed by atoms with Crippen LogP contribution < -0.4 is 56.7 Å². The summed E-state index contributed by atoms with van der Waals surface area (Å²) >= 11 is 7.90. The third-order valence-electron chi connectivity index (χ3n) is 0.163. The molecule has 2 nitrogen and oxygen atoms in total. The molecule has 0 aliphatic rings. The number of hydrogen-bond donors (Lipinski definition) is 2.